The molecule has 1 aliphatic heterocycles. The van der Waals surface area contributed by atoms with Crippen molar-refractivity contribution in [2.75, 3.05) is 20.8 Å². The Morgan fingerprint density at radius 3 is 2.15 bits per heavy atom. The van der Waals surface area contributed by atoms with Crippen LogP contribution < -0.4 is 14.2 Å². The number of phenols is 4. The summed E-state index contributed by atoms with van der Waals surface area (Å²) in [6.45, 7) is -0.651. The molecule has 3 aromatic carbocycles. The molecular formula is C34H38O14. The van der Waals surface area contributed by atoms with Gasteiger partial charge in [-0.05, 0) is 67.1 Å². The predicted octanol–water partition coefficient (Wildman–Crippen LogP) is 2.46. The number of phenolic OH excluding ortho intramolecular Hbond substituents is 4. The summed E-state index contributed by atoms with van der Waals surface area (Å²) >= 11 is 0. The summed E-state index contributed by atoms with van der Waals surface area (Å²) < 4.78 is 28.6. The first-order valence-corrected chi connectivity index (χ1v) is 15.3. The largest absolute Gasteiger partial charge is 0.507 e. The minimum atomic E-state index is -1.81. The van der Waals surface area contributed by atoms with Crippen LogP contribution in [0.15, 0.2) is 36.4 Å². The molecule has 1 aliphatic carbocycles. The number of ether oxygens (including phenoxy) is 5. The number of carbonyl (C=O) groups is 2. The van der Waals surface area contributed by atoms with Gasteiger partial charge in [0.25, 0.3) is 0 Å². The SMILES string of the molecule is COc1c2cc(c(O[C@@H]3O[C@H](COC(=O)c4cc(O)c(O)c(O)c4)[C@@H](O)[C@H](O)[C@H]3O)c1OC)CCCCC(=O)CCc1ccc(O)c-2c1. The summed E-state index contributed by atoms with van der Waals surface area (Å²) in [4.78, 5) is 25.2. The molecule has 0 radical (unpaired) electrons. The lowest BCUT2D eigenvalue weighted by Gasteiger charge is -2.40. The van der Waals surface area contributed by atoms with Crippen molar-refractivity contribution in [3.05, 3.63) is 53.1 Å². The van der Waals surface area contributed by atoms with Crippen LogP contribution in [-0.2, 0) is 27.1 Å². The van der Waals surface area contributed by atoms with Crippen LogP contribution in [0.4, 0.5) is 0 Å². The molecule has 1 saturated heterocycles. The van der Waals surface area contributed by atoms with Gasteiger partial charge in [-0.3, -0.25) is 4.79 Å². The van der Waals surface area contributed by atoms with Crippen molar-refractivity contribution in [3.63, 3.8) is 0 Å². The minimum absolute atomic E-state index is 0.0295. The molecule has 14 nitrogen and oxygen atoms in total. The van der Waals surface area contributed by atoms with Crippen molar-refractivity contribution in [2.45, 2.75) is 69.2 Å². The molecule has 5 rings (SSSR count). The second-order valence-corrected chi connectivity index (χ2v) is 11.7. The number of esters is 1. The van der Waals surface area contributed by atoms with Crippen molar-refractivity contribution in [1.82, 2.24) is 0 Å². The number of carbonyl (C=O) groups excluding carboxylic acids is 2. The van der Waals surface area contributed by atoms with Gasteiger partial charge < -0.3 is 59.4 Å². The number of methoxy groups -OCH3 is 2. The molecule has 0 saturated carbocycles. The van der Waals surface area contributed by atoms with E-state index in [9.17, 15) is 45.3 Å². The van der Waals surface area contributed by atoms with Crippen molar-refractivity contribution in [1.29, 1.82) is 0 Å². The van der Waals surface area contributed by atoms with Crippen molar-refractivity contribution in [3.8, 4) is 51.4 Å². The summed E-state index contributed by atoms with van der Waals surface area (Å²) in [5.74, 6) is -2.99. The summed E-state index contributed by atoms with van der Waals surface area (Å²) in [7, 11) is 2.78. The van der Waals surface area contributed by atoms with E-state index in [0.717, 1.165) is 17.7 Å². The maximum Gasteiger partial charge on any atom is 0.338 e. The molecule has 14 heteroatoms. The zero-order valence-electron chi connectivity index (χ0n) is 26.3. The standard InChI is InChI=1S/C34H38O14/c1-44-31-21-12-17(5-3-4-6-19(35)9-7-16-8-10-22(36)20(21)11-16)30(32(31)45-2)48-34-29(42)28(41)27(40)25(47-34)15-46-33(43)18-13-23(37)26(39)24(38)14-18/h8,10-14,25,27-29,34,36-42H,3-7,9,15H2,1-2H3/t25-,27-,28+,29-,34+/m1/s1. The predicted molar refractivity (Wildman–Crippen MR) is 167 cm³/mol. The number of aliphatic hydroxyl groups is 3. The number of fused-ring (bicyclic) bond motifs is 5. The summed E-state index contributed by atoms with van der Waals surface area (Å²) in [5.41, 5.74) is 1.99. The van der Waals surface area contributed by atoms with Crippen LogP contribution in [0.2, 0.25) is 0 Å². The van der Waals surface area contributed by atoms with Gasteiger partial charge in [0.1, 0.15) is 42.6 Å². The topological polar surface area (TPSA) is 222 Å². The fourth-order valence-corrected chi connectivity index (χ4v) is 5.81. The third kappa shape index (κ3) is 7.06. The molecule has 4 bridgehead atoms. The normalized spacial score (nSPS) is 22.9. The van der Waals surface area contributed by atoms with E-state index in [-0.39, 0.29) is 34.3 Å². The fourth-order valence-electron chi connectivity index (χ4n) is 5.81. The van der Waals surface area contributed by atoms with Gasteiger partial charge in [-0.2, -0.15) is 0 Å². The first-order valence-electron chi connectivity index (χ1n) is 15.3. The van der Waals surface area contributed by atoms with Crippen LogP contribution in [-0.4, -0.2) is 99.0 Å². The van der Waals surface area contributed by atoms with E-state index in [1.807, 2.05) is 0 Å². The quantitative estimate of drug-likeness (QED) is 0.142. The van der Waals surface area contributed by atoms with Crippen LogP contribution in [0.1, 0.15) is 47.2 Å². The van der Waals surface area contributed by atoms with Gasteiger partial charge in [0.2, 0.25) is 12.0 Å². The summed E-state index contributed by atoms with van der Waals surface area (Å²) in [6, 6.07) is 8.55. The number of aromatic hydroxyl groups is 4. The Labute approximate surface area is 275 Å². The Balaban J connectivity index is 1.47. The Bertz CT molecular complexity index is 1650. The number of hydrogen-bond acceptors (Lipinski definition) is 14. The third-order valence-corrected chi connectivity index (χ3v) is 8.46. The molecule has 0 amide bonds. The number of aryl methyl sites for hydroxylation is 2. The smallest absolute Gasteiger partial charge is 0.338 e. The van der Waals surface area contributed by atoms with Gasteiger partial charge in [-0.25, -0.2) is 4.79 Å². The maximum atomic E-state index is 12.6. The van der Waals surface area contributed by atoms with E-state index in [0.29, 0.717) is 55.2 Å². The van der Waals surface area contributed by atoms with Crippen molar-refractivity contribution in [2.24, 2.45) is 0 Å². The number of aliphatic hydroxyl groups excluding tert-OH is 3. The zero-order chi connectivity index (χ0) is 34.7. The number of Topliss-reactive ketones (excluding diaryl/α,β-unsaturated/α-hetero) is 1. The Morgan fingerprint density at radius 1 is 0.771 bits per heavy atom. The lowest BCUT2D eigenvalue weighted by atomic mass is 9.95. The van der Waals surface area contributed by atoms with Crippen LogP contribution in [0.3, 0.4) is 0 Å². The average Bonchev–Trinajstić information content (AvgIpc) is 3.08. The Morgan fingerprint density at radius 2 is 1.46 bits per heavy atom. The number of rotatable bonds is 7. The van der Waals surface area contributed by atoms with E-state index >= 15 is 0 Å². The highest BCUT2D eigenvalue weighted by molar-refractivity contribution is 5.91. The molecule has 48 heavy (non-hydrogen) atoms. The highest BCUT2D eigenvalue weighted by Crippen LogP contribution is 2.50. The first-order chi connectivity index (χ1) is 22.9. The first kappa shape index (κ1) is 34.6. The number of hydrogen-bond donors (Lipinski definition) is 7. The molecule has 3 aromatic rings. The molecule has 258 valence electrons. The van der Waals surface area contributed by atoms with Gasteiger partial charge in [-0.15, -0.1) is 0 Å². The van der Waals surface area contributed by atoms with Crippen LogP contribution in [0.5, 0.6) is 40.2 Å². The second kappa shape index (κ2) is 14.6. The highest BCUT2D eigenvalue weighted by Gasteiger charge is 2.46. The maximum absolute atomic E-state index is 12.6. The average molecular weight is 671 g/mol. The van der Waals surface area contributed by atoms with E-state index < -0.39 is 60.5 Å². The van der Waals surface area contributed by atoms with Crippen molar-refractivity contribution < 1.29 is 69.0 Å². The van der Waals surface area contributed by atoms with Crippen LogP contribution in [0.25, 0.3) is 11.1 Å². The fraction of sp³-hybridized carbons (Fsp3) is 0.412. The minimum Gasteiger partial charge on any atom is -0.507 e. The van der Waals surface area contributed by atoms with Gasteiger partial charge in [0.15, 0.2) is 28.7 Å². The monoisotopic (exact) mass is 670 g/mol. The van der Waals surface area contributed by atoms with E-state index in [1.165, 1.54) is 14.2 Å². The van der Waals surface area contributed by atoms with Gasteiger partial charge in [-0.1, -0.05) is 6.07 Å². The summed E-state index contributed by atoms with van der Waals surface area (Å²) in [5, 5.41) is 72.1. The molecule has 0 spiro atoms. The van der Waals surface area contributed by atoms with Crippen LogP contribution >= 0.6 is 0 Å². The molecule has 2 aliphatic rings. The molecule has 1 heterocycles. The highest BCUT2D eigenvalue weighted by atomic mass is 16.7. The Hall–Kier alpha value is -4.76. The molecular weight excluding hydrogens is 632 g/mol. The number of ketones is 1. The molecule has 7 N–H and O–H groups in total. The van der Waals surface area contributed by atoms with Crippen molar-refractivity contribution >= 4 is 11.8 Å². The molecule has 0 aromatic heterocycles. The molecule has 5 atom stereocenters. The van der Waals surface area contributed by atoms with Gasteiger partial charge in [0, 0.05) is 24.0 Å². The van der Waals surface area contributed by atoms with Crippen LogP contribution in [0, 0.1) is 0 Å². The van der Waals surface area contributed by atoms with E-state index in [1.54, 1.807) is 24.3 Å². The zero-order valence-corrected chi connectivity index (χ0v) is 26.3. The molecule has 0 unspecified atom stereocenters. The molecule has 1 fully saturated rings. The second-order valence-electron chi connectivity index (χ2n) is 11.7. The van der Waals surface area contributed by atoms with Gasteiger partial charge >= 0.3 is 5.97 Å². The van der Waals surface area contributed by atoms with Gasteiger partial charge in [0.05, 0.1) is 19.8 Å². The van der Waals surface area contributed by atoms with E-state index in [4.69, 9.17) is 23.7 Å². The Kier molecular flexibility index (Phi) is 10.5. The lowest BCUT2D eigenvalue weighted by molar-refractivity contribution is -0.277. The van der Waals surface area contributed by atoms with E-state index in [2.05, 4.69) is 0 Å². The summed E-state index contributed by atoms with van der Waals surface area (Å²) in [6.07, 6.45) is -5.60. The lowest BCUT2D eigenvalue weighted by Crippen LogP contribution is -2.60. The number of benzene rings is 3. The third-order valence-electron chi connectivity index (χ3n) is 8.46.